The molecule has 0 saturated heterocycles. The zero-order chi connectivity index (χ0) is 24.2. The van der Waals surface area contributed by atoms with Gasteiger partial charge in [-0.2, -0.15) is 0 Å². The van der Waals surface area contributed by atoms with Gasteiger partial charge in [-0.05, 0) is 60.0 Å². The second-order valence-corrected chi connectivity index (χ2v) is 23.2. The van der Waals surface area contributed by atoms with Crippen LogP contribution in [0.2, 0.25) is 36.3 Å². The lowest BCUT2D eigenvalue weighted by Crippen LogP contribution is -2.51. The molecule has 1 nitrogen and oxygen atoms in total. The average molecular weight is 455 g/mol. The Kier molecular flexibility index (Phi) is 6.88. The molecule has 0 fully saturated rings. The molecule has 0 aliphatic rings. The Morgan fingerprint density at radius 2 is 0.839 bits per heavy atom. The molecule has 0 unspecified atom stereocenters. The van der Waals surface area contributed by atoms with Crippen LogP contribution in [-0.2, 0) is 0 Å². The summed E-state index contributed by atoms with van der Waals surface area (Å²) in [6.07, 6.45) is 0. The van der Waals surface area contributed by atoms with Crippen LogP contribution in [0.25, 0.3) is 0 Å². The van der Waals surface area contributed by atoms with Gasteiger partial charge in [-0.15, -0.1) is 0 Å². The minimum Gasteiger partial charge on any atom is -0.456 e. The van der Waals surface area contributed by atoms with Gasteiger partial charge in [0.2, 0.25) is 0 Å². The van der Waals surface area contributed by atoms with Crippen molar-refractivity contribution < 1.29 is 4.74 Å². The maximum atomic E-state index is 6.84. The second-order valence-electron chi connectivity index (χ2n) is 12.6. The first-order valence-electron chi connectivity index (χ1n) is 11.7. The molecule has 0 radical (unpaired) electrons. The van der Waals surface area contributed by atoms with Crippen molar-refractivity contribution in [2.45, 2.75) is 106 Å². The Bertz CT molecular complexity index is 890. The van der Waals surface area contributed by atoms with Gasteiger partial charge in [0.15, 0.2) is 0 Å². The van der Waals surface area contributed by atoms with Crippen molar-refractivity contribution in [2.24, 2.45) is 0 Å². The Morgan fingerprint density at radius 1 is 0.548 bits per heavy atom. The predicted octanol–water partition coefficient (Wildman–Crippen LogP) is 8.14. The monoisotopic (exact) mass is 454 g/mol. The number of aryl methyl sites for hydroxylation is 2. The normalized spacial score (nSPS) is 13.5. The first-order valence-corrected chi connectivity index (χ1v) is 17.7. The molecule has 31 heavy (non-hydrogen) atoms. The quantitative estimate of drug-likeness (QED) is 0.423. The SMILES string of the molecule is Cc1ccc([Si](C)(C)C(C)(C)C)c(C)c1Oc1c(C)ccc([Si](C)(C)C(C)(C)C)c1C. The topological polar surface area (TPSA) is 9.23 Å². The molecule has 0 saturated carbocycles. The molecule has 0 N–H and O–H groups in total. The number of ether oxygens (including phenoxy) is 1. The van der Waals surface area contributed by atoms with Crippen molar-refractivity contribution in [2.75, 3.05) is 0 Å². The summed E-state index contributed by atoms with van der Waals surface area (Å²) < 4.78 is 6.84. The van der Waals surface area contributed by atoms with Gasteiger partial charge in [0, 0.05) is 0 Å². The lowest BCUT2D eigenvalue weighted by molar-refractivity contribution is 0.469. The van der Waals surface area contributed by atoms with Gasteiger partial charge in [0.1, 0.15) is 11.5 Å². The summed E-state index contributed by atoms with van der Waals surface area (Å²) in [5.41, 5.74) is 5.08. The summed E-state index contributed by atoms with van der Waals surface area (Å²) in [7, 11) is -3.33. The molecule has 0 spiro atoms. The summed E-state index contributed by atoms with van der Waals surface area (Å²) in [5, 5.41) is 3.60. The molecule has 0 aliphatic heterocycles. The molecule has 0 bridgehead atoms. The van der Waals surface area contributed by atoms with E-state index in [0.29, 0.717) is 10.1 Å². The van der Waals surface area contributed by atoms with Crippen LogP contribution in [-0.4, -0.2) is 16.1 Å². The third kappa shape index (κ3) is 4.59. The largest absolute Gasteiger partial charge is 0.456 e. The first kappa shape index (κ1) is 25.9. The van der Waals surface area contributed by atoms with Crippen LogP contribution in [0.4, 0.5) is 0 Å². The van der Waals surface area contributed by atoms with E-state index in [2.05, 4.69) is 120 Å². The second kappa shape index (κ2) is 8.22. The van der Waals surface area contributed by atoms with Gasteiger partial charge in [-0.3, -0.25) is 0 Å². The molecule has 2 aromatic rings. The maximum Gasteiger partial charge on any atom is 0.133 e. The highest BCUT2D eigenvalue weighted by Crippen LogP contribution is 2.41. The summed E-state index contributed by atoms with van der Waals surface area (Å²) in [5.74, 6) is 2.11. The number of benzene rings is 2. The molecule has 0 aromatic heterocycles. The summed E-state index contributed by atoms with van der Waals surface area (Å²) in [6.45, 7) is 33.2. The standard InChI is InChI=1S/C28H46OSi2/c1-19-15-17-23(30(11,12)27(5,6)7)21(3)25(19)29-26-20(2)16-18-24(22(26)4)31(13,14)28(8,9)10/h15-18H,1-14H3. The molecule has 0 atom stereocenters. The smallest absolute Gasteiger partial charge is 0.133 e. The van der Waals surface area contributed by atoms with Gasteiger partial charge in [-0.1, -0.05) is 102 Å². The molecule has 172 valence electrons. The van der Waals surface area contributed by atoms with E-state index in [0.717, 1.165) is 11.5 Å². The zero-order valence-corrected chi connectivity index (χ0v) is 24.7. The van der Waals surface area contributed by atoms with E-state index in [-0.39, 0.29) is 0 Å². The molecule has 0 heterocycles. The summed E-state index contributed by atoms with van der Waals surface area (Å²) >= 11 is 0. The van der Waals surface area contributed by atoms with Gasteiger partial charge in [0.05, 0.1) is 16.1 Å². The predicted molar refractivity (Wildman–Crippen MR) is 146 cm³/mol. The highest BCUT2D eigenvalue weighted by Gasteiger charge is 2.40. The van der Waals surface area contributed by atoms with Crippen LogP contribution >= 0.6 is 0 Å². The minimum atomic E-state index is -1.66. The van der Waals surface area contributed by atoms with E-state index < -0.39 is 16.1 Å². The van der Waals surface area contributed by atoms with E-state index in [4.69, 9.17) is 4.74 Å². The fraction of sp³-hybridized carbons (Fsp3) is 0.571. The van der Waals surface area contributed by atoms with E-state index in [1.54, 1.807) is 0 Å². The maximum absolute atomic E-state index is 6.84. The number of rotatable bonds is 4. The van der Waals surface area contributed by atoms with E-state index >= 15 is 0 Å². The molecular formula is C28H46OSi2. The minimum absolute atomic E-state index is 0.290. The van der Waals surface area contributed by atoms with Crippen LogP contribution in [0.3, 0.4) is 0 Å². The zero-order valence-electron chi connectivity index (χ0n) is 22.7. The van der Waals surface area contributed by atoms with Crippen LogP contribution < -0.4 is 15.1 Å². The lowest BCUT2D eigenvalue weighted by Gasteiger charge is -2.39. The van der Waals surface area contributed by atoms with Crippen molar-refractivity contribution in [3.8, 4) is 11.5 Å². The molecule has 2 aromatic carbocycles. The summed E-state index contributed by atoms with van der Waals surface area (Å²) in [4.78, 5) is 0. The fourth-order valence-corrected chi connectivity index (χ4v) is 8.95. The van der Waals surface area contributed by atoms with Crippen LogP contribution in [0.5, 0.6) is 11.5 Å². The van der Waals surface area contributed by atoms with Crippen LogP contribution in [0.1, 0.15) is 63.8 Å². The Labute approximate surface area is 194 Å². The lowest BCUT2D eigenvalue weighted by atomic mass is 10.1. The van der Waals surface area contributed by atoms with Crippen LogP contribution in [0.15, 0.2) is 24.3 Å². The summed E-state index contributed by atoms with van der Waals surface area (Å²) in [6, 6.07) is 9.25. The first-order chi connectivity index (χ1) is 13.8. The van der Waals surface area contributed by atoms with Crippen molar-refractivity contribution in [3.63, 3.8) is 0 Å². The Morgan fingerprint density at radius 3 is 1.10 bits per heavy atom. The fourth-order valence-electron chi connectivity index (χ4n) is 4.23. The van der Waals surface area contributed by atoms with Gasteiger partial charge in [0.25, 0.3) is 0 Å². The Hall–Kier alpha value is -1.33. The average Bonchev–Trinajstić information content (AvgIpc) is 2.58. The van der Waals surface area contributed by atoms with Crippen molar-refractivity contribution in [1.29, 1.82) is 0 Å². The van der Waals surface area contributed by atoms with Gasteiger partial charge < -0.3 is 4.74 Å². The van der Waals surface area contributed by atoms with E-state index in [1.165, 1.54) is 32.6 Å². The third-order valence-electron chi connectivity index (χ3n) is 8.51. The number of hydrogen-bond donors (Lipinski definition) is 0. The van der Waals surface area contributed by atoms with E-state index in [1.807, 2.05) is 0 Å². The van der Waals surface area contributed by atoms with Gasteiger partial charge >= 0.3 is 0 Å². The molecule has 2 rings (SSSR count). The number of hydrogen-bond acceptors (Lipinski definition) is 1. The Balaban J connectivity index is 2.68. The molecule has 3 heteroatoms. The van der Waals surface area contributed by atoms with Crippen molar-refractivity contribution in [1.82, 2.24) is 0 Å². The third-order valence-corrected chi connectivity index (χ3v) is 19.8. The molecule has 0 aliphatic carbocycles. The molecular weight excluding hydrogens is 408 g/mol. The van der Waals surface area contributed by atoms with E-state index in [9.17, 15) is 0 Å². The van der Waals surface area contributed by atoms with Crippen molar-refractivity contribution >= 4 is 26.5 Å². The highest BCUT2D eigenvalue weighted by atomic mass is 28.3. The van der Waals surface area contributed by atoms with Crippen molar-refractivity contribution in [3.05, 3.63) is 46.5 Å². The molecule has 0 amide bonds. The van der Waals surface area contributed by atoms with Gasteiger partial charge in [-0.25, -0.2) is 0 Å². The van der Waals surface area contributed by atoms with Crippen LogP contribution in [0, 0.1) is 27.7 Å². The highest BCUT2D eigenvalue weighted by molar-refractivity contribution is 6.93.